The van der Waals surface area contributed by atoms with Gasteiger partial charge in [0.1, 0.15) is 0 Å². The minimum absolute atomic E-state index is 0.0596. The highest BCUT2D eigenvalue weighted by Gasteiger charge is 2.14. The molecule has 2 aromatic heterocycles. The summed E-state index contributed by atoms with van der Waals surface area (Å²) in [5.74, 6) is -0.127. The number of nitrogens with zero attached hydrogens (tertiary/aromatic N) is 2. The van der Waals surface area contributed by atoms with Crippen molar-refractivity contribution in [1.82, 2.24) is 9.55 Å². The van der Waals surface area contributed by atoms with Crippen LogP contribution < -0.4 is 5.14 Å². The number of carbonyl (C=O) groups is 1. The summed E-state index contributed by atoms with van der Waals surface area (Å²) in [5.41, 5.74) is 4.10. The fourth-order valence-electron chi connectivity index (χ4n) is 2.90. The number of benzene rings is 1. The molecule has 0 bridgehead atoms. The highest BCUT2D eigenvalue weighted by Crippen LogP contribution is 2.24. The zero-order chi connectivity index (χ0) is 19.6. The highest BCUT2D eigenvalue weighted by molar-refractivity contribution is 7.88. The van der Waals surface area contributed by atoms with Gasteiger partial charge in [-0.3, -0.25) is 4.79 Å². The van der Waals surface area contributed by atoms with Crippen LogP contribution in [0.1, 0.15) is 33.0 Å². The number of carbonyl (C=O) groups excluding carboxylic acids is 1. The summed E-state index contributed by atoms with van der Waals surface area (Å²) in [6.45, 7) is 1.96. The Hall–Kier alpha value is -2.29. The predicted octanol–water partition coefficient (Wildman–Crippen LogP) is 3.06. The van der Waals surface area contributed by atoms with E-state index in [1.807, 2.05) is 48.3 Å². The fourth-order valence-corrected chi connectivity index (χ4v) is 4.18. The number of sulfonamides is 1. The molecule has 1 aromatic carbocycles. The monoisotopic (exact) mass is 403 g/mol. The van der Waals surface area contributed by atoms with E-state index in [1.54, 1.807) is 23.5 Å². The number of aryl methyl sites for hydroxylation is 3. The predicted molar refractivity (Wildman–Crippen MR) is 107 cm³/mol. The lowest BCUT2D eigenvalue weighted by atomic mass is 10.0. The molecule has 0 unspecified atom stereocenters. The molecule has 0 fully saturated rings. The molecule has 2 N–H and O–H groups in total. The van der Waals surface area contributed by atoms with E-state index in [0.29, 0.717) is 24.1 Å². The van der Waals surface area contributed by atoms with Crippen LogP contribution in [0, 0.1) is 6.92 Å². The standard InChI is InChI=1S/C19H21N3O3S2/c1-13-21-17(11-26-13)16-9-18(22(2)10-16)19(23)8-7-14-3-5-15(6-4-14)12-27(20,24)25/h3-6,9-11H,7-8,12H2,1-2H3,(H2,20,24,25). The minimum Gasteiger partial charge on any atom is -0.347 e. The zero-order valence-corrected chi connectivity index (χ0v) is 16.8. The van der Waals surface area contributed by atoms with Crippen molar-refractivity contribution in [3.8, 4) is 11.3 Å². The molecular formula is C19H21N3O3S2. The van der Waals surface area contributed by atoms with E-state index in [0.717, 1.165) is 21.8 Å². The first-order valence-electron chi connectivity index (χ1n) is 8.41. The highest BCUT2D eigenvalue weighted by atomic mass is 32.2. The summed E-state index contributed by atoms with van der Waals surface area (Å²) < 4.78 is 24.1. The van der Waals surface area contributed by atoms with E-state index in [9.17, 15) is 13.2 Å². The van der Waals surface area contributed by atoms with Gasteiger partial charge in [0, 0.05) is 30.6 Å². The van der Waals surface area contributed by atoms with Crippen LogP contribution in [0.5, 0.6) is 0 Å². The van der Waals surface area contributed by atoms with Crippen LogP contribution in [0.25, 0.3) is 11.3 Å². The Morgan fingerprint density at radius 2 is 1.89 bits per heavy atom. The average molecular weight is 404 g/mol. The van der Waals surface area contributed by atoms with Gasteiger partial charge in [-0.15, -0.1) is 11.3 Å². The maximum absolute atomic E-state index is 12.6. The van der Waals surface area contributed by atoms with Crippen LogP contribution in [0.2, 0.25) is 0 Å². The Balaban J connectivity index is 1.65. The normalized spacial score (nSPS) is 11.7. The topological polar surface area (TPSA) is 95.1 Å². The van der Waals surface area contributed by atoms with Crippen molar-refractivity contribution in [2.24, 2.45) is 12.2 Å². The molecule has 0 radical (unpaired) electrons. The molecule has 0 aliphatic rings. The molecule has 0 spiro atoms. The molecule has 0 amide bonds. The van der Waals surface area contributed by atoms with Crippen molar-refractivity contribution >= 4 is 27.1 Å². The summed E-state index contributed by atoms with van der Waals surface area (Å²) in [6, 6.07) is 9.02. The zero-order valence-electron chi connectivity index (χ0n) is 15.2. The summed E-state index contributed by atoms with van der Waals surface area (Å²) >= 11 is 1.58. The number of aromatic nitrogens is 2. The van der Waals surface area contributed by atoms with Gasteiger partial charge >= 0.3 is 0 Å². The Morgan fingerprint density at radius 3 is 2.48 bits per heavy atom. The van der Waals surface area contributed by atoms with E-state index < -0.39 is 10.0 Å². The third-order valence-corrected chi connectivity index (χ3v) is 5.75. The maximum atomic E-state index is 12.6. The molecule has 6 nitrogen and oxygen atoms in total. The van der Waals surface area contributed by atoms with E-state index in [4.69, 9.17) is 5.14 Å². The lowest BCUT2D eigenvalue weighted by Gasteiger charge is -2.04. The van der Waals surface area contributed by atoms with Crippen LogP contribution in [0.4, 0.5) is 0 Å². The first kappa shape index (κ1) is 19.5. The van der Waals surface area contributed by atoms with Gasteiger partial charge in [-0.25, -0.2) is 18.5 Å². The fraction of sp³-hybridized carbons (Fsp3) is 0.263. The van der Waals surface area contributed by atoms with E-state index in [2.05, 4.69) is 4.98 Å². The molecular weight excluding hydrogens is 382 g/mol. The number of thiazole rings is 1. The van der Waals surface area contributed by atoms with Gasteiger partial charge < -0.3 is 4.57 Å². The van der Waals surface area contributed by atoms with Crippen LogP contribution in [0.3, 0.4) is 0 Å². The SMILES string of the molecule is Cc1nc(-c2cc(C(=O)CCc3ccc(CS(N)(=O)=O)cc3)n(C)c2)cs1. The first-order valence-corrected chi connectivity index (χ1v) is 11.0. The number of hydrogen-bond donors (Lipinski definition) is 1. The maximum Gasteiger partial charge on any atom is 0.213 e. The van der Waals surface area contributed by atoms with Gasteiger partial charge in [0.25, 0.3) is 0 Å². The number of Topliss-reactive ketones (excluding diaryl/α,β-unsaturated/α-hetero) is 1. The number of ketones is 1. The number of primary sulfonamides is 1. The minimum atomic E-state index is -3.54. The molecule has 0 aliphatic carbocycles. The third-order valence-electron chi connectivity index (χ3n) is 4.24. The Kier molecular flexibility index (Phi) is 5.59. The second-order valence-corrected chi connectivity index (χ2v) is 9.20. The quantitative estimate of drug-likeness (QED) is 0.613. The van der Waals surface area contributed by atoms with Crippen molar-refractivity contribution in [3.05, 3.63) is 63.7 Å². The van der Waals surface area contributed by atoms with Crippen LogP contribution in [-0.2, 0) is 29.2 Å². The summed E-state index contributed by atoms with van der Waals surface area (Å²) in [6.07, 6.45) is 2.89. The molecule has 0 atom stereocenters. The Labute approximate surface area is 162 Å². The number of rotatable bonds is 7. The largest absolute Gasteiger partial charge is 0.347 e. The molecule has 0 saturated heterocycles. The molecule has 27 heavy (non-hydrogen) atoms. The van der Waals surface area contributed by atoms with E-state index in [-0.39, 0.29) is 11.5 Å². The molecule has 2 heterocycles. The summed E-state index contributed by atoms with van der Waals surface area (Å²) in [7, 11) is -1.68. The van der Waals surface area contributed by atoms with Crippen molar-refractivity contribution in [1.29, 1.82) is 0 Å². The smallest absolute Gasteiger partial charge is 0.213 e. The van der Waals surface area contributed by atoms with Crippen LogP contribution in [0.15, 0.2) is 41.9 Å². The first-order chi connectivity index (χ1) is 12.7. The number of hydrogen-bond acceptors (Lipinski definition) is 5. The molecule has 3 rings (SSSR count). The number of nitrogens with two attached hydrogens (primary N) is 1. The van der Waals surface area contributed by atoms with Gasteiger partial charge in [0.2, 0.25) is 10.0 Å². The molecule has 3 aromatic rings. The third kappa shape index (κ3) is 5.12. The van der Waals surface area contributed by atoms with Crippen molar-refractivity contribution in [3.63, 3.8) is 0 Å². The van der Waals surface area contributed by atoms with Gasteiger partial charge in [-0.2, -0.15) is 0 Å². The average Bonchev–Trinajstić information content (AvgIpc) is 3.18. The second kappa shape index (κ2) is 7.75. The summed E-state index contributed by atoms with van der Waals surface area (Å²) in [4.78, 5) is 17.1. The second-order valence-electron chi connectivity index (χ2n) is 6.52. The lowest BCUT2D eigenvalue weighted by Crippen LogP contribution is -2.14. The lowest BCUT2D eigenvalue weighted by molar-refractivity contribution is 0.0975. The molecule has 0 saturated carbocycles. The van der Waals surface area contributed by atoms with E-state index >= 15 is 0 Å². The Morgan fingerprint density at radius 1 is 1.22 bits per heavy atom. The van der Waals surface area contributed by atoms with E-state index in [1.165, 1.54) is 0 Å². The molecule has 142 valence electrons. The van der Waals surface area contributed by atoms with Crippen molar-refractivity contribution in [2.45, 2.75) is 25.5 Å². The van der Waals surface area contributed by atoms with Gasteiger partial charge in [-0.1, -0.05) is 24.3 Å². The van der Waals surface area contributed by atoms with Crippen molar-refractivity contribution in [2.75, 3.05) is 0 Å². The molecule has 0 aliphatic heterocycles. The van der Waals surface area contributed by atoms with Gasteiger partial charge in [0.15, 0.2) is 5.78 Å². The van der Waals surface area contributed by atoms with Crippen LogP contribution >= 0.6 is 11.3 Å². The van der Waals surface area contributed by atoms with Crippen molar-refractivity contribution < 1.29 is 13.2 Å². The summed E-state index contributed by atoms with van der Waals surface area (Å²) in [5, 5.41) is 8.03. The molecule has 8 heteroatoms. The van der Waals surface area contributed by atoms with Gasteiger partial charge in [0.05, 0.1) is 22.1 Å². The van der Waals surface area contributed by atoms with Crippen LogP contribution in [-0.4, -0.2) is 23.8 Å². The Bertz CT molecular complexity index is 1060. The van der Waals surface area contributed by atoms with Gasteiger partial charge in [-0.05, 0) is 30.5 Å².